The Labute approximate surface area is 265 Å². The normalized spacial score (nSPS) is 23.6. The van der Waals surface area contributed by atoms with Crippen molar-refractivity contribution < 1.29 is 33.4 Å². The number of likely N-dealkylation sites (tertiary alicyclic amines) is 1. The van der Waals surface area contributed by atoms with Crippen molar-refractivity contribution in [1.82, 2.24) is 15.5 Å². The van der Waals surface area contributed by atoms with Crippen molar-refractivity contribution in [3.63, 3.8) is 0 Å². The predicted molar refractivity (Wildman–Crippen MR) is 171 cm³/mol. The quantitative estimate of drug-likeness (QED) is 0.286. The summed E-state index contributed by atoms with van der Waals surface area (Å²) in [4.78, 5) is 55.3. The van der Waals surface area contributed by atoms with Crippen LogP contribution < -0.4 is 10.6 Å². The number of fused-ring (bicyclic) bond motifs is 1. The van der Waals surface area contributed by atoms with Crippen LogP contribution in [0, 0.1) is 11.3 Å². The van der Waals surface area contributed by atoms with Crippen molar-refractivity contribution in [3.8, 4) is 0 Å². The zero-order valence-corrected chi connectivity index (χ0v) is 27.5. The summed E-state index contributed by atoms with van der Waals surface area (Å²) in [6.07, 6.45) is 1.02. The van der Waals surface area contributed by atoms with Gasteiger partial charge in [0.05, 0.1) is 19.3 Å². The third kappa shape index (κ3) is 8.03. The summed E-state index contributed by atoms with van der Waals surface area (Å²) in [5.74, 6) is -1.72. The Balaban J connectivity index is 1.58. The highest BCUT2D eigenvalue weighted by molar-refractivity contribution is 5.96. The summed E-state index contributed by atoms with van der Waals surface area (Å²) in [7, 11) is 0. The van der Waals surface area contributed by atoms with E-state index in [9.17, 15) is 19.2 Å². The Kier molecular flexibility index (Phi) is 9.97. The number of ether oxygens (including phenoxy) is 3. The lowest BCUT2D eigenvalue weighted by molar-refractivity contribution is -0.150. The molecule has 1 saturated heterocycles. The second-order valence-corrected chi connectivity index (χ2v) is 14.0. The first-order valence-corrected chi connectivity index (χ1v) is 15.6. The molecule has 0 bridgehead atoms. The van der Waals surface area contributed by atoms with Gasteiger partial charge in [0, 0.05) is 18.9 Å². The maximum Gasteiger partial charge on any atom is 0.408 e. The zero-order chi connectivity index (χ0) is 33.2. The van der Waals surface area contributed by atoms with E-state index in [0.717, 1.165) is 16.3 Å². The Morgan fingerprint density at radius 1 is 1.07 bits per heavy atom. The molecule has 10 heteroatoms. The molecule has 0 radical (unpaired) electrons. The molecule has 0 spiro atoms. The van der Waals surface area contributed by atoms with Crippen LogP contribution in [0.5, 0.6) is 0 Å². The SMILES string of the molecule is C=CC1CC1(NC(=O)[C@@H]1CC(OCc2ccc3ccccc3c2)CN1C(=O)[C@@H](NC(=O)OC(C)(C)C)C(C)(C)C)C(=O)OCC. The fraction of sp³-hybridized carbons (Fsp3) is 0.543. The number of rotatable bonds is 10. The zero-order valence-electron chi connectivity index (χ0n) is 27.5. The van der Waals surface area contributed by atoms with E-state index >= 15 is 0 Å². The minimum atomic E-state index is -1.22. The summed E-state index contributed by atoms with van der Waals surface area (Å²) in [6.45, 7) is 16.8. The first-order chi connectivity index (χ1) is 21.1. The van der Waals surface area contributed by atoms with E-state index in [0.29, 0.717) is 6.42 Å². The lowest BCUT2D eigenvalue weighted by Gasteiger charge is -2.36. The van der Waals surface area contributed by atoms with E-state index in [1.807, 2.05) is 57.2 Å². The fourth-order valence-electron chi connectivity index (χ4n) is 5.76. The van der Waals surface area contributed by atoms with E-state index in [1.54, 1.807) is 33.8 Å². The van der Waals surface area contributed by atoms with Crippen LogP contribution in [0.4, 0.5) is 4.79 Å². The molecule has 2 aromatic carbocycles. The van der Waals surface area contributed by atoms with Crippen LogP contribution in [-0.2, 0) is 35.2 Å². The van der Waals surface area contributed by atoms with Crippen molar-refractivity contribution >= 4 is 34.6 Å². The van der Waals surface area contributed by atoms with Gasteiger partial charge in [0.1, 0.15) is 23.2 Å². The number of carbonyl (C=O) groups is 4. The summed E-state index contributed by atoms with van der Waals surface area (Å²) in [5, 5.41) is 7.85. The van der Waals surface area contributed by atoms with Gasteiger partial charge < -0.3 is 29.7 Å². The second kappa shape index (κ2) is 13.2. The van der Waals surface area contributed by atoms with Gasteiger partial charge in [-0.25, -0.2) is 9.59 Å². The van der Waals surface area contributed by atoms with Gasteiger partial charge in [-0.15, -0.1) is 6.58 Å². The number of alkyl carbamates (subject to hydrolysis) is 1. The molecule has 10 nitrogen and oxygen atoms in total. The van der Waals surface area contributed by atoms with E-state index in [4.69, 9.17) is 14.2 Å². The number of amides is 3. The molecule has 244 valence electrons. The van der Waals surface area contributed by atoms with E-state index in [-0.39, 0.29) is 32.1 Å². The van der Waals surface area contributed by atoms with Crippen LogP contribution in [0.2, 0.25) is 0 Å². The first-order valence-electron chi connectivity index (χ1n) is 15.6. The van der Waals surface area contributed by atoms with Gasteiger partial charge in [-0.2, -0.15) is 0 Å². The molecule has 2 N–H and O–H groups in total. The third-order valence-electron chi connectivity index (χ3n) is 8.21. The maximum absolute atomic E-state index is 14.2. The lowest BCUT2D eigenvalue weighted by Crippen LogP contribution is -2.59. The Morgan fingerprint density at radius 3 is 2.36 bits per heavy atom. The molecule has 1 aliphatic carbocycles. The molecule has 4 rings (SSSR count). The van der Waals surface area contributed by atoms with E-state index < -0.39 is 58.6 Å². The van der Waals surface area contributed by atoms with Gasteiger partial charge in [-0.1, -0.05) is 63.2 Å². The molecule has 3 unspecified atom stereocenters. The number of hydrogen-bond donors (Lipinski definition) is 2. The van der Waals surface area contributed by atoms with Crippen LogP contribution in [0.1, 0.15) is 66.9 Å². The summed E-state index contributed by atoms with van der Waals surface area (Å²) in [6, 6.07) is 12.2. The molecule has 1 aliphatic heterocycles. The average molecular weight is 622 g/mol. The van der Waals surface area contributed by atoms with Crippen LogP contribution in [0.15, 0.2) is 55.1 Å². The molecule has 0 aromatic heterocycles. The molecular formula is C35H47N3O7. The summed E-state index contributed by atoms with van der Waals surface area (Å²) in [5.41, 5.74) is -1.73. The Bertz CT molecular complexity index is 1440. The van der Waals surface area contributed by atoms with Crippen molar-refractivity contribution in [2.24, 2.45) is 11.3 Å². The number of benzene rings is 2. The molecule has 2 fully saturated rings. The topological polar surface area (TPSA) is 123 Å². The molecule has 2 aliphatic rings. The highest BCUT2D eigenvalue weighted by atomic mass is 16.6. The molecule has 2 aromatic rings. The molecular weight excluding hydrogens is 574 g/mol. The number of carbonyl (C=O) groups excluding carboxylic acids is 4. The Hall–Kier alpha value is -3.92. The molecule has 3 amide bonds. The van der Waals surface area contributed by atoms with Crippen molar-refractivity contribution in [2.75, 3.05) is 13.2 Å². The molecule has 1 heterocycles. The molecule has 5 atom stereocenters. The highest BCUT2D eigenvalue weighted by Crippen LogP contribution is 2.45. The third-order valence-corrected chi connectivity index (χ3v) is 8.21. The van der Waals surface area contributed by atoms with Gasteiger partial charge in [-0.05, 0) is 61.9 Å². The standard InChI is InChI=1S/C35H47N3O7/c1-9-25-19-35(25,31(41)43-10-2)37-29(39)27-18-26(44-21-22-15-16-23-13-11-12-14-24(23)17-22)20-38(27)30(40)28(33(3,4)5)36-32(42)45-34(6,7)8/h9,11-17,25-28H,1,10,18-21H2,2-8H3,(H,36,42)(H,37,39)/t25?,26?,27-,28+,35?/m0/s1. The van der Waals surface area contributed by atoms with Crippen molar-refractivity contribution in [3.05, 3.63) is 60.7 Å². The van der Waals surface area contributed by atoms with E-state index in [2.05, 4.69) is 23.3 Å². The van der Waals surface area contributed by atoms with Gasteiger partial charge >= 0.3 is 12.1 Å². The predicted octanol–water partition coefficient (Wildman–Crippen LogP) is 4.89. The summed E-state index contributed by atoms with van der Waals surface area (Å²) >= 11 is 0. The number of nitrogens with zero attached hydrogens (tertiary/aromatic N) is 1. The smallest absolute Gasteiger partial charge is 0.408 e. The highest BCUT2D eigenvalue weighted by Gasteiger charge is 2.62. The van der Waals surface area contributed by atoms with Crippen molar-refractivity contribution in [1.29, 1.82) is 0 Å². The van der Waals surface area contributed by atoms with Crippen LogP contribution in [-0.4, -0.2) is 71.3 Å². The summed E-state index contributed by atoms with van der Waals surface area (Å²) < 4.78 is 17.0. The maximum atomic E-state index is 14.2. The first kappa shape index (κ1) is 34.0. The Morgan fingerprint density at radius 2 is 1.76 bits per heavy atom. The lowest BCUT2D eigenvalue weighted by atomic mass is 9.85. The van der Waals surface area contributed by atoms with Crippen molar-refractivity contribution in [2.45, 2.75) is 97.2 Å². The number of hydrogen-bond acceptors (Lipinski definition) is 7. The van der Waals surface area contributed by atoms with Gasteiger partial charge in [0.25, 0.3) is 0 Å². The minimum absolute atomic E-state index is 0.129. The van der Waals surface area contributed by atoms with Gasteiger partial charge in [0.2, 0.25) is 11.8 Å². The van der Waals surface area contributed by atoms with Gasteiger partial charge in [0.15, 0.2) is 0 Å². The van der Waals surface area contributed by atoms with Gasteiger partial charge in [-0.3, -0.25) is 9.59 Å². The fourth-order valence-corrected chi connectivity index (χ4v) is 5.76. The van der Waals surface area contributed by atoms with Crippen LogP contribution in [0.25, 0.3) is 10.8 Å². The molecule has 1 saturated carbocycles. The number of esters is 1. The monoisotopic (exact) mass is 621 g/mol. The van der Waals surface area contributed by atoms with Crippen LogP contribution >= 0.6 is 0 Å². The largest absolute Gasteiger partial charge is 0.464 e. The second-order valence-electron chi connectivity index (χ2n) is 14.0. The average Bonchev–Trinajstić information content (AvgIpc) is 3.50. The minimum Gasteiger partial charge on any atom is -0.464 e. The van der Waals surface area contributed by atoms with E-state index in [1.165, 1.54) is 4.90 Å². The number of nitrogens with one attached hydrogen (secondary N) is 2. The van der Waals surface area contributed by atoms with Crippen LogP contribution in [0.3, 0.4) is 0 Å². The molecule has 45 heavy (non-hydrogen) atoms.